The van der Waals surface area contributed by atoms with E-state index >= 15 is 0 Å². The number of nitrogens with zero attached hydrogens (tertiary/aromatic N) is 4. The molecule has 3 rings (SSSR count). The van der Waals surface area contributed by atoms with E-state index in [1.54, 1.807) is 11.4 Å². The van der Waals surface area contributed by atoms with Gasteiger partial charge in [0.25, 0.3) is 0 Å². The highest BCUT2D eigenvalue weighted by Gasteiger charge is 2.14. The number of halogens is 1. The van der Waals surface area contributed by atoms with Crippen LogP contribution in [0, 0.1) is 18.3 Å². The topological polar surface area (TPSA) is 92.8 Å². The Balaban J connectivity index is 1.49. The highest BCUT2D eigenvalue weighted by atomic mass is 35.5. The number of hydrogen-bond donors (Lipinski definition) is 1. The highest BCUT2D eigenvalue weighted by Crippen LogP contribution is 2.24. The molecule has 0 aliphatic heterocycles. The molecule has 0 bridgehead atoms. The third-order valence-corrected chi connectivity index (χ3v) is 6.45. The molecule has 0 atom stereocenters. The minimum atomic E-state index is -0.178. The monoisotopic (exact) mass is 475 g/mol. The summed E-state index contributed by atoms with van der Waals surface area (Å²) in [7, 11) is 0. The lowest BCUT2D eigenvalue weighted by molar-refractivity contribution is -0.113. The summed E-state index contributed by atoms with van der Waals surface area (Å²) in [6.45, 7) is 5.27. The van der Waals surface area contributed by atoms with Gasteiger partial charge in [0.1, 0.15) is 22.6 Å². The second-order valence-electron chi connectivity index (χ2n) is 6.62. The van der Waals surface area contributed by atoms with Crippen molar-refractivity contribution < 1.29 is 9.53 Å². The first kappa shape index (κ1) is 23.1. The fraction of sp³-hybridized carbons (Fsp3) is 0.333. The van der Waals surface area contributed by atoms with E-state index in [0.717, 1.165) is 30.0 Å². The van der Waals surface area contributed by atoms with Gasteiger partial charge in [-0.1, -0.05) is 23.4 Å². The molecule has 0 aliphatic carbocycles. The number of thioether (sulfide) groups is 1. The first-order valence-electron chi connectivity index (χ1n) is 9.73. The van der Waals surface area contributed by atoms with Crippen LogP contribution in [0.4, 0.5) is 5.00 Å². The molecule has 0 aliphatic rings. The number of aromatic nitrogens is 3. The Bertz CT molecular complexity index is 1090. The van der Waals surface area contributed by atoms with Gasteiger partial charge < -0.3 is 14.6 Å². The number of carbonyl (C=O) groups is 1. The van der Waals surface area contributed by atoms with Crippen LogP contribution in [0.3, 0.4) is 0 Å². The van der Waals surface area contributed by atoms with E-state index < -0.39 is 0 Å². The zero-order valence-corrected chi connectivity index (χ0v) is 19.6. The van der Waals surface area contributed by atoms with Gasteiger partial charge in [0.2, 0.25) is 5.91 Å². The fourth-order valence-corrected chi connectivity index (χ4v) is 4.70. The van der Waals surface area contributed by atoms with Gasteiger partial charge >= 0.3 is 0 Å². The SMILES string of the molecule is CCn1c(CCCOc2ccc(Cl)cc2C)nnc1SCC(=O)Nc1sccc1C#N. The number of rotatable bonds is 10. The number of hydrogen-bond acceptors (Lipinski definition) is 7. The first-order valence-corrected chi connectivity index (χ1v) is 12.0. The largest absolute Gasteiger partial charge is 0.493 e. The smallest absolute Gasteiger partial charge is 0.235 e. The maximum absolute atomic E-state index is 12.2. The summed E-state index contributed by atoms with van der Waals surface area (Å²) in [5.74, 6) is 1.71. The Morgan fingerprint density at radius 1 is 1.39 bits per heavy atom. The molecule has 0 fully saturated rings. The third kappa shape index (κ3) is 6.23. The number of aryl methyl sites for hydroxylation is 2. The predicted octanol–water partition coefficient (Wildman–Crippen LogP) is 4.94. The molecule has 1 N–H and O–H groups in total. The number of amides is 1. The van der Waals surface area contributed by atoms with Crippen LogP contribution >= 0.6 is 34.7 Å². The Morgan fingerprint density at radius 3 is 2.97 bits per heavy atom. The van der Waals surface area contributed by atoms with Crippen molar-refractivity contribution in [2.75, 3.05) is 17.7 Å². The lowest BCUT2D eigenvalue weighted by Crippen LogP contribution is -2.14. The summed E-state index contributed by atoms with van der Waals surface area (Å²) in [6, 6.07) is 9.32. The molecule has 0 unspecified atom stereocenters. The van der Waals surface area contributed by atoms with E-state index in [1.165, 1.54) is 23.1 Å². The molecule has 0 saturated heterocycles. The molecule has 2 aromatic heterocycles. The van der Waals surface area contributed by atoms with Crippen LogP contribution in [-0.2, 0) is 17.8 Å². The first-order chi connectivity index (χ1) is 15.0. The zero-order chi connectivity index (χ0) is 22.2. The van der Waals surface area contributed by atoms with Crippen LogP contribution in [-0.4, -0.2) is 33.0 Å². The number of anilines is 1. The van der Waals surface area contributed by atoms with E-state index in [-0.39, 0.29) is 11.7 Å². The van der Waals surface area contributed by atoms with E-state index in [2.05, 4.69) is 21.6 Å². The van der Waals surface area contributed by atoms with Gasteiger partial charge in [0, 0.05) is 18.0 Å². The molecule has 1 amide bonds. The molecule has 7 nitrogen and oxygen atoms in total. The van der Waals surface area contributed by atoms with E-state index in [0.29, 0.717) is 33.9 Å². The van der Waals surface area contributed by atoms with Crippen molar-refractivity contribution in [3.63, 3.8) is 0 Å². The van der Waals surface area contributed by atoms with E-state index in [1.807, 2.05) is 36.6 Å². The molecule has 0 spiro atoms. The van der Waals surface area contributed by atoms with Crippen LogP contribution in [0.1, 0.15) is 30.3 Å². The van der Waals surface area contributed by atoms with Gasteiger partial charge in [-0.05, 0) is 55.5 Å². The number of nitrogens with one attached hydrogen (secondary N) is 1. The van der Waals surface area contributed by atoms with Crippen molar-refractivity contribution in [2.45, 2.75) is 38.4 Å². The second kappa shape index (κ2) is 11.2. The molecule has 31 heavy (non-hydrogen) atoms. The molecule has 1 aromatic carbocycles. The van der Waals surface area contributed by atoms with Gasteiger partial charge in [-0.25, -0.2) is 0 Å². The lowest BCUT2D eigenvalue weighted by Gasteiger charge is -2.10. The van der Waals surface area contributed by atoms with Crippen LogP contribution < -0.4 is 10.1 Å². The van der Waals surface area contributed by atoms with Gasteiger partial charge in [0.15, 0.2) is 5.16 Å². The molecule has 10 heteroatoms. The van der Waals surface area contributed by atoms with Gasteiger partial charge in [-0.2, -0.15) is 5.26 Å². The third-order valence-electron chi connectivity index (χ3n) is 4.42. The van der Waals surface area contributed by atoms with Crippen LogP contribution in [0.5, 0.6) is 5.75 Å². The molecule has 0 radical (unpaired) electrons. The Hall–Kier alpha value is -2.54. The predicted molar refractivity (Wildman–Crippen MR) is 124 cm³/mol. The van der Waals surface area contributed by atoms with Crippen molar-refractivity contribution in [1.82, 2.24) is 14.8 Å². The average molecular weight is 476 g/mol. The molecule has 162 valence electrons. The number of benzene rings is 1. The fourth-order valence-electron chi connectivity index (χ4n) is 2.90. The Morgan fingerprint density at radius 2 is 2.23 bits per heavy atom. The number of nitriles is 1. The quantitative estimate of drug-likeness (QED) is 0.330. The number of thiophene rings is 1. The molecular formula is C21H22ClN5O2S2. The Labute approximate surface area is 194 Å². The summed E-state index contributed by atoms with van der Waals surface area (Å²) in [4.78, 5) is 12.2. The number of ether oxygens (including phenoxy) is 1. The average Bonchev–Trinajstić information content (AvgIpc) is 3.36. The van der Waals surface area contributed by atoms with Crippen LogP contribution in [0.2, 0.25) is 5.02 Å². The van der Waals surface area contributed by atoms with Crippen molar-refractivity contribution in [2.24, 2.45) is 0 Å². The van der Waals surface area contributed by atoms with Crippen molar-refractivity contribution in [1.29, 1.82) is 5.26 Å². The minimum absolute atomic E-state index is 0.178. The summed E-state index contributed by atoms with van der Waals surface area (Å²) in [5, 5.41) is 24.1. The minimum Gasteiger partial charge on any atom is -0.493 e. The van der Waals surface area contributed by atoms with Crippen LogP contribution in [0.15, 0.2) is 34.8 Å². The lowest BCUT2D eigenvalue weighted by atomic mass is 10.2. The molecule has 0 saturated carbocycles. The highest BCUT2D eigenvalue weighted by molar-refractivity contribution is 7.99. The standard InChI is InChI=1S/C21H22ClN5O2S2/c1-3-27-18(5-4-9-29-17-7-6-16(22)11-14(17)2)25-26-21(27)31-13-19(28)24-20-15(12-23)8-10-30-20/h6-8,10-11H,3-5,9,13H2,1-2H3,(H,24,28). The maximum Gasteiger partial charge on any atom is 0.235 e. The van der Waals surface area contributed by atoms with Gasteiger partial charge in [-0.15, -0.1) is 21.5 Å². The van der Waals surface area contributed by atoms with E-state index in [9.17, 15) is 4.79 Å². The molecular weight excluding hydrogens is 454 g/mol. The van der Waals surface area contributed by atoms with E-state index in [4.69, 9.17) is 21.6 Å². The van der Waals surface area contributed by atoms with Crippen molar-refractivity contribution in [3.05, 3.63) is 51.6 Å². The molecule has 3 aromatic rings. The maximum atomic E-state index is 12.2. The summed E-state index contributed by atoms with van der Waals surface area (Å²) < 4.78 is 7.86. The van der Waals surface area contributed by atoms with Gasteiger partial charge in [-0.3, -0.25) is 4.79 Å². The Kier molecular flexibility index (Phi) is 8.35. The van der Waals surface area contributed by atoms with Crippen molar-refractivity contribution in [3.8, 4) is 11.8 Å². The summed E-state index contributed by atoms with van der Waals surface area (Å²) in [6.07, 6.45) is 1.52. The zero-order valence-electron chi connectivity index (χ0n) is 17.2. The van der Waals surface area contributed by atoms with Gasteiger partial charge in [0.05, 0.1) is 17.9 Å². The normalized spacial score (nSPS) is 10.6. The summed E-state index contributed by atoms with van der Waals surface area (Å²) >= 11 is 8.64. The number of carbonyl (C=O) groups excluding carboxylic acids is 1. The summed E-state index contributed by atoms with van der Waals surface area (Å²) in [5.41, 5.74) is 1.48. The molecule has 2 heterocycles. The second-order valence-corrected chi connectivity index (χ2v) is 8.91. The van der Waals surface area contributed by atoms with Crippen molar-refractivity contribution >= 4 is 45.6 Å². The van der Waals surface area contributed by atoms with Crippen LogP contribution in [0.25, 0.3) is 0 Å².